The van der Waals surface area contributed by atoms with Crippen molar-refractivity contribution in [2.75, 3.05) is 6.54 Å². The molecule has 1 fully saturated rings. The van der Waals surface area contributed by atoms with E-state index in [9.17, 15) is 13.2 Å². The molecule has 0 heterocycles. The van der Waals surface area contributed by atoms with Crippen LogP contribution >= 0.6 is 15.9 Å². The average molecular weight is 361 g/mol. The van der Waals surface area contributed by atoms with Crippen molar-refractivity contribution in [1.29, 1.82) is 0 Å². The van der Waals surface area contributed by atoms with Crippen LogP contribution in [-0.2, 0) is 14.8 Å². The molecule has 0 aromatic heterocycles. The molecule has 0 radical (unpaired) electrons. The van der Waals surface area contributed by atoms with E-state index >= 15 is 0 Å². The molecule has 1 amide bonds. The number of amides is 1. The van der Waals surface area contributed by atoms with E-state index in [0.717, 1.165) is 12.8 Å². The Bertz CT molecular complexity index is 612. The van der Waals surface area contributed by atoms with E-state index in [1.165, 1.54) is 0 Å². The molecule has 0 bridgehead atoms. The molecule has 20 heavy (non-hydrogen) atoms. The number of carbonyl (C=O) groups is 1. The molecule has 7 heteroatoms. The lowest BCUT2D eigenvalue weighted by Gasteiger charge is -2.09. The average Bonchev–Trinajstić information content (AvgIpc) is 3.15. The van der Waals surface area contributed by atoms with Gasteiger partial charge in [-0.05, 0) is 37.5 Å². The van der Waals surface area contributed by atoms with E-state index in [4.69, 9.17) is 0 Å². The lowest BCUT2D eigenvalue weighted by Crippen LogP contribution is -2.32. The second kappa shape index (κ2) is 6.24. The van der Waals surface area contributed by atoms with Gasteiger partial charge in [0.25, 0.3) is 0 Å². The summed E-state index contributed by atoms with van der Waals surface area (Å²) >= 11 is 3.26. The van der Waals surface area contributed by atoms with Crippen molar-refractivity contribution in [3.63, 3.8) is 0 Å². The fourth-order valence-corrected chi connectivity index (χ4v) is 3.58. The Labute approximate surface area is 127 Å². The quantitative estimate of drug-likeness (QED) is 0.810. The summed E-state index contributed by atoms with van der Waals surface area (Å²) in [7, 11) is -3.58. The van der Waals surface area contributed by atoms with Crippen molar-refractivity contribution in [3.05, 3.63) is 28.2 Å². The van der Waals surface area contributed by atoms with Crippen LogP contribution in [0.15, 0.2) is 27.6 Å². The van der Waals surface area contributed by atoms with Crippen LogP contribution in [0.4, 0.5) is 0 Å². The molecule has 2 rings (SSSR count). The van der Waals surface area contributed by atoms with Gasteiger partial charge >= 0.3 is 0 Å². The van der Waals surface area contributed by atoms with Crippen molar-refractivity contribution in [3.8, 4) is 0 Å². The minimum Gasteiger partial charge on any atom is -0.353 e. The Morgan fingerprint density at radius 3 is 2.75 bits per heavy atom. The Morgan fingerprint density at radius 2 is 2.10 bits per heavy atom. The second-order valence-corrected chi connectivity index (χ2v) is 7.55. The summed E-state index contributed by atoms with van der Waals surface area (Å²) in [6.07, 6.45) is 2.20. The molecule has 1 aliphatic carbocycles. The number of sulfonamides is 1. The number of benzene rings is 1. The number of nitrogens with one attached hydrogen (secondary N) is 2. The van der Waals surface area contributed by atoms with E-state index in [1.54, 1.807) is 25.1 Å². The highest BCUT2D eigenvalue weighted by Crippen LogP contribution is 2.20. The predicted molar refractivity (Wildman–Crippen MR) is 79.8 cm³/mol. The molecular weight excluding hydrogens is 344 g/mol. The molecule has 1 aromatic rings. The van der Waals surface area contributed by atoms with E-state index in [-0.39, 0.29) is 23.8 Å². The molecule has 0 atom stereocenters. The summed E-state index contributed by atoms with van der Waals surface area (Å²) in [5.74, 6) is -0.110. The Morgan fingerprint density at radius 1 is 1.40 bits per heavy atom. The topological polar surface area (TPSA) is 75.3 Å². The maximum absolute atomic E-state index is 12.2. The van der Waals surface area contributed by atoms with Gasteiger partial charge in [0.05, 0.1) is 4.90 Å². The fraction of sp³-hybridized carbons (Fsp3) is 0.462. The number of hydrogen-bond donors (Lipinski definition) is 2. The molecular formula is C13H17BrN2O3S. The van der Waals surface area contributed by atoms with Crippen LogP contribution < -0.4 is 10.0 Å². The van der Waals surface area contributed by atoms with E-state index in [0.29, 0.717) is 16.1 Å². The van der Waals surface area contributed by atoms with Gasteiger partial charge in [0.2, 0.25) is 15.9 Å². The zero-order valence-electron chi connectivity index (χ0n) is 11.1. The maximum Gasteiger partial charge on any atom is 0.240 e. The van der Waals surface area contributed by atoms with Crippen molar-refractivity contribution >= 4 is 31.9 Å². The zero-order valence-corrected chi connectivity index (χ0v) is 13.6. The Balaban J connectivity index is 1.93. The third kappa shape index (κ3) is 4.29. The van der Waals surface area contributed by atoms with Crippen molar-refractivity contribution in [1.82, 2.24) is 10.0 Å². The van der Waals surface area contributed by atoms with Crippen molar-refractivity contribution in [2.24, 2.45) is 0 Å². The fourth-order valence-electron chi connectivity index (χ4n) is 1.77. The summed E-state index contributed by atoms with van der Waals surface area (Å²) in [5.41, 5.74) is 0.670. The van der Waals surface area contributed by atoms with Crippen molar-refractivity contribution in [2.45, 2.75) is 37.1 Å². The first-order chi connectivity index (χ1) is 9.38. The standard InChI is InChI=1S/C13H17BrN2O3S/c1-9-2-3-10(14)8-12(9)20(18,19)15-7-6-13(17)16-11-4-5-11/h2-3,8,11,15H,4-7H2,1H3,(H,16,17). The summed E-state index contributed by atoms with van der Waals surface area (Å²) < 4.78 is 27.5. The van der Waals surface area contributed by atoms with Crippen LogP contribution in [-0.4, -0.2) is 26.9 Å². The van der Waals surface area contributed by atoms with Gasteiger partial charge in [-0.25, -0.2) is 13.1 Å². The van der Waals surface area contributed by atoms with Crippen LogP contribution in [0.25, 0.3) is 0 Å². The minimum absolute atomic E-state index is 0.104. The van der Waals surface area contributed by atoms with E-state index < -0.39 is 10.0 Å². The maximum atomic E-state index is 12.2. The van der Waals surface area contributed by atoms with Gasteiger partial charge in [0.15, 0.2) is 0 Å². The predicted octanol–water partition coefficient (Wildman–Crippen LogP) is 1.70. The third-order valence-electron chi connectivity index (χ3n) is 3.03. The van der Waals surface area contributed by atoms with Gasteiger partial charge in [0.1, 0.15) is 0 Å². The largest absolute Gasteiger partial charge is 0.353 e. The number of halogens is 1. The lowest BCUT2D eigenvalue weighted by molar-refractivity contribution is -0.121. The molecule has 1 aliphatic rings. The molecule has 5 nitrogen and oxygen atoms in total. The number of aryl methyl sites for hydroxylation is 1. The molecule has 1 aromatic carbocycles. The molecule has 0 aliphatic heterocycles. The van der Waals surface area contributed by atoms with Crippen molar-refractivity contribution < 1.29 is 13.2 Å². The zero-order chi connectivity index (χ0) is 14.8. The van der Waals surface area contributed by atoms with E-state index in [2.05, 4.69) is 26.0 Å². The minimum atomic E-state index is -3.58. The first kappa shape index (κ1) is 15.5. The highest BCUT2D eigenvalue weighted by Gasteiger charge is 2.23. The first-order valence-electron chi connectivity index (χ1n) is 6.44. The van der Waals surface area contributed by atoms with Crippen LogP contribution in [0.3, 0.4) is 0 Å². The summed E-state index contributed by atoms with van der Waals surface area (Å²) in [6, 6.07) is 5.38. The van der Waals surface area contributed by atoms with Gasteiger partial charge in [0, 0.05) is 23.5 Å². The van der Waals surface area contributed by atoms with Crippen LogP contribution in [0.2, 0.25) is 0 Å². The second-order valence-electron chi connectivity index (χ2n) is 4.90. The van der Waals surface area contributed by atoms with Gasteiger partial charge in [-0.1, -0.05) is 22.0 Å². The van der Waals surface area contributed by atoms with Gasteiger partial charge in [-0.15, -0.1) is 0 Å². The Hall–Kier alpha value is -0.920. The highest BCUT2D eigenvalue weighted by molar-refractivity contribution is 9.10. The molecule has 1 saturated carbocycles. The van der Waals surface area contributed by atoms with Gasteiger partial charge < -0.3 is 5.32 Å². The summed E-state index contributed by atoms with van der Waals surface area (Å²) in [6.45, 7) is 1.84. The monoisotopic (exact) mass is 360 g/mol. The molecule has 2 N–H and O–H groups in total. The van der Waals surface area contributed by atoms with Crippen LogP contribution in [0, 0.1) is 6.92 Å². The lowest BCUT2D eigenvalue weighted by atomic mass is 10.2. The highest BCUT2D eigenvalue weighted by atomic mass is 79.9. The number of carbonyl (C=O) groups excluding carboxylic acids is 1. The number of rotatable bonds is 6. The first-order valence-corrected chi connectivity index (χ1v) is 8.71. The van der Waals surface area contributed by atoms with E-state index in [1.807, 2.05) is 0 Å². The van der Waals surface area contributed by atoms with Crippen LogP contribution in [0.1, 0.15) is 24.8 Å². The molecule has 0 saturated heterocycles. The molecule has 0 spiro atoms. The SMILES string of the molecule is Cc1ccc(Br)cc1S(=O)(=O)NCCC(=O)NC1CC1. The Kier molecular flexibility index (Phi) is 4.82. The van der Waals surface area contributed by atoms with Gasteiger partial charge in [-0.2, -0.15) is 0 Å². The third-order valence-corrected chi connectivity index (χ3v) is 5.12. The summed E-state index contributed by atoms with van der Waals surface area (Å²) in [5, 5.41) is 2.82. The van der Waals surface area contributed by atoms with Gasteiger partial charge in [-0.3, -0.25) is 4.79 Å². The summed E-state index contributed by atoms with van der Waals surface area (Å²) in [4.78, 5) is 11.7. The van der Waals surface area contributed by atoms with Crippen LogP contribution in [0.5, 0.6) is 0 Å². The molecule has 110 valence electrons. The normalized spacial score (nSPS) is 15.1. The molecule has 0 unspecified atom stereocenters. The smallest absolute Gasteiger partial charge is 0.240 e. The number of hydrogen-bond acceptors (Lipinski definition) is 3.